The molecular formula is C19H26F3N3O. The number of anilines is 1. The smallest absolute Gasteiger partial charge is 0.358 e. The number of piperidine rings is 1. The molecular weight excluding hydrogens is 343 g/mol. The van der Waals surface area contributed by atoms with E-state index in [1.54, 1.807) is 17.9 Å². The maximum Gasteiger partial charge on any atom is 0.416 e. The lowest BCUT2D eigenvalue weighted by atomic mass is 9.97. The van der Waals surface area contributed by atoms with Crippen LogP contribution in [0.3, 0.4) is 0 Å². The van der Waals surface area contributed by atoms with Crippen molar-refractivity contribution in [2.75, 3.05) is 44.7 Å². The predicted octanol–water partition coefficient (Wildman–Crippen LogP) is 3.08. The fourth-order valence-electron chi connectivity index (χ4n) is 4.06. The van der Waals surface area contributed by atoms with E-state index in [2.05, 4.69) is 11.9 Å². The Morgan fingerprint density at radius 1 is 1.19 bits per heavy atom. The second-order valence-electron chi connectivity index (χ2n) is 7.47. The SMILES string of the molecule is CC1C(=O)N(CC2CCCN(C)C2)CCN1c1cccc(C(F)(F)F)c1. The van der Waals surface area contributed by atoms with E-state index < -0.39 is 17.8 Å². The molecule has 2 aliphatic rings. The van der Waals surface area contributed by atoms with Crippen molar-refractivity contribution in [3.05, 3.63) is 29.8 Å². The molecule has 3 rings (SSSR count). The van der Waals surface area contributed by atoms with Crippen molar-refractivity contribution in [3.8, 4) is 0 Å². The minimum atomic E-state index is -4.38. The summed E-state index contributed by atoms with van der Waals surface area (Å²) in [4.78, 5) is 18.8. The maximum atomic E-state index is 13.0. The number of likely N-dealkylation sites (tertiary alicyclic amines) is 1. The van der Waals surface area contributed by atoms with E-state index in [1.165, 1.54) is 6.07 Å². The number of amides is 1. The van der Waals surface area contributed by atoms with E-state index in [9.17, 15) is 18.0 Å². The Bertz CT molecular complexity index is 649. The molecule has 7 heteroatoms. The van der Waals surface area contributed by atoms with Crippen LogP contribution in [-0.2, 0) is 11.0 Å². The summed E-state index contributed by atoms with van der Waals surface area (Å²) in [6.45, 7) is 5.72. The first-order valence-corrected chi connectivity index (χ1v) is 9.17. The van der Waals surface area contributed by atoms with Crippen molar-refractivity contribution in [2.45, 2.75) is 32.0 Å². The molecule has 0 bridgehead atoms. The molecule has 26 heavy (non-hydrogen) atoms. The van der Waals surface area contributed by atoms with Crippen molar-refractivity contribution >= 4 is 11.6 Å². The number of carbonyl (C=O) groups is 1. The Balaban J connectivity index is 1.68. The third kappa shape index (κ3) is 4.14. The van der Waals surface area contributed by atoms with Crippen LogP contribution in [-0.4, -0.2) is 61.5 Å². The summed E-state index contributed by atoms with van der Waals surface area (Å²) < 4.78 is 38.9. The van der Waals surface area contributed by atoms with Crippen LogP contribution in [0.5, 0.6) is 0 Å². The third-order valence-electron chi connectivity index (χ3n) is 5.45. The maximum absolute atomic E-state index is 13.0. The molecule has 2 aliphatic heterocycles. The number of alkyl halides is 3. The molecule has 0 aliphatic carbocycles. The molecule has 1 aromatic rings. The molecule has 1 aromatic carbocycles. The predicted molar refractivity (Wildman–Crippen MR) is 95.1 cm³/mol. The summed E-state index contributed by atoms with van der Waals surface area (Å²) in [5.41, 5.74) is -0.222. The van der Waals surface area contributed by atoms with E-state index in [4.69, 9.17) is 0 Å². The number of halogens is 3. The quantitative estimate of drug-likeness (QED) is 0.819. The van der Waals surface area contributed by atoms with Gasteiger partial charge in [0.05, 0.1) is 5.56 Å². The molecule has 1 amide bonds. The average Bonchev–Trinajstić information content (AvgIpc) is 2.59. The van der Waals surface area contributed by atoms with Gasteiger partial charge in [0.2, 0.25) is 5.91 Å². The second kappa shape index (κ2) is 7.47. The lowest BCUT2D eigenvalue weighted by Crippen LogP contribution is -2.57. The summed E-state index contributed by atoms with van der Waals surface area (Å²) >= 11 is 0. The molecule has 2 fully saturated rings. The summed E-state index contributed by atoms with van der Waals surface area (Å²) in [6.07, 6.45) is -2.10. The lowest BCUT2D eigenvalue weighted by molar-refractivity contribution is -0.137. The Morgan fingerprint density at radius 3 is 2.65 bits per heavy atom. The summed E-state index contributed by atoms with van der Waals surface area (Å²) in [5, 5.41) is 0. The zero-order valence-corrected chi connectivity index (χ0v) is 15.3. The first kappa shape index (κ1) is 19.0. The molecule has 2 unspecified atom stereocenters. The number of piperazine rings is 1. The van der Waals surface area contributed by atoms with E-state index in [1.807, 2.05) is 4.90 Å². The van der Waals surface area contributed by atoms with Gasteiger partial charge in [-0.3, -0.25) is 4.79 Å². The van der Waals surface area contributed by atoms with Crippen molar-refractivity contribution in [2.24, 2.45) is 5.92 Å². The van der Waals surface area contributed by atoms with Gasteiger partial charge in [-0.1, -0.05) is 6.07 Å². The van der Waals surface area contributed by atoms with Crippen molar-refractivity contribution < 1.29 is 18.0 Å². The molecule has 0 radical (unpaired) electrons. The van der Waals surface area contributed by atoms with Gasteiger partial charge >= 0.3 is 6.18 Å². The van der Waals surface area contributed by atoms with Crippen LogP contribution in [0.4, 0.5) is 18.9 Å². The van der Waals surface area contributed by atoms with Gasteiger partial charge in [0.25, 0.3) is 0 Å². The first-order chi connectivity index (χ1) is 12.3. The van der Waals surface area contributed by atoms with Crippen LogP contribution < -0.4 is 4.90 Å². The van der Waals surface area contributed by atoms with Gasteiger partial charge in [-0.05, 0) is 57.5 Å². The van der Waals surface area contributed by atoms with E-state index in [0.29, 0.717) is 24.7 Å². The van der Waals surface area contributed by atoms with Gasteiger partial charge in [0.1, 0.15) is 6.04 Å². The Labute approximate surface area is 152 Å². The second-order valence-corrected chi connectivity index (χ2v) is 7.47. The number of benzene rings is 1. The number of hydrogen-bond acceptors (Lipinski definition) is 3. The van der Waals surface area contributed by atoms with E-state index in [0.717, 1.165) is 44.6 Å². The zero-order valence-electron chi connectivity index (χ0n) is 15.3. The Hall–Kier alpha value is -1.76. The molecule has 0 aromatic heterocycles. The number of nitrogens with zero attached hydrogens (tertiary/aromatic N) is 3. The molecule has 2 saturated heterocycles. The van der Waals surface area contributed by atoms with Crippen LogP contribution in [0.15, 0.2) is 24.3 Å². The summed E-state index contributed by atoms with van der Waals surface area (Å²) in [7, 11) is 2.10. The highest BCUT2D eigenvalue weighted by Gasteiger charge is 2.35. The highest BCUT2D eigenvalue weighted by molar-refractivity contribution is 5.86. The number of rotatable bonds is 3. The van der Waals surface area contributed by atoms with Crippen LogP contribution in [0.25, 0.3) is 0 Å². The van der Waals surface area contributed by atoms with Crippen LogP contribution >= 0.6 is 0 Å². The van der Waals surface area contributed by atoms with Gasteiger partial charge in [0, 0.05) is 31.9 Å². The fraction of sp³-hybridized carbons (Fsp3) is 0.632. The molecule has 2 heterocycles. The van der Waals surface area contributed by atoms with E-state index >= 15 is 0 Å². The molecule has 0 spiro atoms. The van der Waals surface area contributed by atoms with Crippen LogP contribution in [0, 0.1) is 5.92 Å². The molecule has 4 nitrogen and oxygen atoms in total. The van der Waals surface area contributed by atoms with Gasteiger partial charge in [-0.2, -0.15) is 13.2 Å². The Kier molecular flexibility index (Phi) is 5.46. The minimum Gasteiger partial charge on any atom is -0.358 e. The molecule has 144 valence electrons. The molecule has 0 saturated carbocycles. The topological polar surface area (TPSA) is 26.8 Å². The zero-order chi connectivity index (χ0) is 18.9. The van der Waals surface area contributed by atoms with E-state index in [-0.39, 0.29) is 5.91 Å². The summed E-state index contributed by atoms with van der Waals surface area (Å²) in [5.74, 6) is 0.479. The fourth-order valence-corrected chi connectivity index (χ4v) is 4.06. The highest BCUT2D eigenvalue weighted by Crippen LogP contribution is 2.33. The van der Waals surface area contributed by atoms with Gasteiger partial charge < -0.3 is 14.7 Å². The monoisotopic (exact) mass is 369 g/mol. The van der Waals surface area contributed by atoms with Gasteiger partial charge in [-0.25, -0.2) is 0 Å². The van der Waals surface area contributed by atoms with Crippen molar-refractivity contribution in [1.29, 1.82) is 0 Å². The Morgan fingerprint density at radius 2 is 1.96 bits per heavy atom. The third-order valence-corrected chi connectivity index (χ3v) is 5.45. The number of hydrogen-bond donors (Lipinski definition) is 0. The average molecular weight is 369 g/mol. The highest BCUT2D eigenvalue weighted by atomic mass is 19.4. The van der Waals surface area contributed by atoms with Gasteiger partial charge in [-0.15, -0.1) is 0 Å². The largest absolute Gasteiger partial charge is 0.416 e. The van der Waals surface area contributed by atoms with Crippen molar-refractivity contribution in [3.63, 3.8) is 0 Å². The van der Waals surface area contributed by atoms with Crippen molar-refractivity contribution in [1.82, 2.24) is 9.80 Å². The standard InChI is InChI=1S/C19H26F3N3O/c1-14-18(26)24(13-15-5-4-8-23(2)12-15)9-10-25(14)17-7-3-6-16(11-17)19(20,21)22/h3,6-7,11,14-15H,4-5,8-10,12-13H2,1-2H3. The molecule has 0 N–H and O–H groups in total. The normalized spacial score (nSPS) is 25.7. The van der Waals surface area contributed by atoms with Crippen LogP contribution in [0.2, 0.25) is 0 Å². The number of carbonyl (C=O) groups excluding carboxylic acids is 1. The summed E-state index contributed by atoms with van der Waals surface area (Å²) in [6, 6.07) is 4.79. The van der Waals surface area contributed by atoms with Gasteiger partial charge in [0.15, 0.2) is 0 Å². The van der Waals surface area contributed by atoms with Crippen LogP contribution in [0.1, 0.15) is 25.3 Å². The molecule has 2 atom stereocenters. The lowest BCUT2D eigenvalue weighted by Gasteiger charge is -2.42. The minimum absolute atomic E-state index is 0.00175. The first-order valence-electron chi connectivity index (χ1n) is 9.17.